The van der Waals surface area contributed by atoms with Crippen molar-refractivity contribution in [3.8, 4) is 0 Å². The highest BCUT2D eigenvalue weighted by Crippen LogP contribution is 2.22. The molecule has 0 radical (unpaired) electrons. The molecule has 1 aromatic rings. The molecular weight excluding hydrogens is 204 g/mol. The first-order valence-corrected chi connectivity index (χ1v) is 4.05. The summed E-state index contributed by atoms with van der Waals surface area (Å²) in [6.07, 6.45) is 0. The van der Waals surface area contributed by atoms with Gasteiger partial charge in [-0.3, -0.25) is 0 Å². The van der Waals surface area contributed by atoms with E-state index >= 15 is 0 Å². The molecule has 0 atom stereocenters. The molecule has 5 heteroatoms. The van der Waals surface area contributed by atoms with Crippen LogP contribution in [0.3, 0.4) is 0 Å². The average molecular weight is 213 g/mol. The van der Waals surface area contributed by atoms with Crippen molar-refractivity contribution in [1.29, 1.82) is 0 Å². The summed E-state index contributed by atoms with van der Waals surface area (Å²) in [6.45, 7) is 0. The Kier molecular flexibility index (Phi) is 3.38. The number of benzene rings is 1. The van der Waals surface area contributed by atoms with Crippen LogP contribution in [0.15, 0.2) is 30.1 Å². The number of nitrogens with two attached hydrogens (primary N) is 1. The summed E-state index contributed by atoms with van der Waals surface area (Å²) in [5.41, 5.74) is 5.72. The van der Waals surface area contributed by atoms with Crippen molar-refractivity contribution in [3.05, 3.63) is 35.7 Å². The largest absolute Gasteiger partial charge is 0.464 e. The molecule has 0 spiro atoms. The first kappa shape index (κ1) is 11.2. The fourth-order valence-corrected chi connectivity index (χ4v) is 0.935. The van der Waals surface area contributed by atoms with E-state index in [1.807, 2.05) is 0 Å². The highest BCUT2D eigenvalue weighted by molar-refractivity contribution is 5.93. The van der Waals surface area contributed by atoms with Crippen LogP contribution in [0.1, 0.15) is 5.56 Å². The van der Waals surface area contributed by atoms with Gasteiger partial charge in [0.2, 0.25) is 5.83 Å². The summed E-state index contributed by atoms with van der Waals surface area (Å²) >= 11 is 0. The molecule has 15 heavy (non-hydrogen) atoms. The van der Waals surface area contributed by atoms with Gasteiger partial charge in [0.25, 0.3) is 0 Å². The number of esters is 1. The molecule has 0 aliphatic carbocycles. The van der Waals surface area contributed by atoms with Gasteiger partial charge in [0.1, 0.15) is 0 Å². The number of carbonyl (C=O) groups is 1. The van der Waals surface area contributed by atoms with Crippen LogP contribution in [0.25, 0.3) is 5.83 Å². The molecule has 0 aromatic heterocycles. The zero-order chi connectivity index (χ0) is 11.4. The van der Waals surface area contributed by atoms with Gasteiger partial charge in [0, 0.05) is 11.3 Å². The lowest BCUT2D eigenvalue weighted by atomic mass is 10.1. The van der Waals surface area contributed by atoms with E-state index in [1.54, 1.807) is 0 Å². The van der Waals surface area contributed by atoms with Crippen LogP contribution in [0, 0.1) is 0 Å². The zero-order valence-corrected chi connectivity index (χ0v) is 7.96. The third-order valence-corrected chi connectivity index (χ3v) is 1.72. The molecule has 0 amide bonds. The first-order chi connectivity index (χ1) is 7.06. The Labute approximate surface area is 85.1 Å². The Hall–Kier alpha value is -1.91. The van der Waals surface area contributed by atoms with Gasteiger partial charge in [-0.2, -0.15) is 4.39 Å². The van der Waals surface area contributed by atoms with E-state index in [0.717, 1.165) is 7.11 Å². The molecule has 0 saturated heterocycles. The molecule has 0 unspecified atom stereocenters. The second-order valence-corrected chi connectivity index (χ2v) is 2.74. The van der Waals surface area contributed by atoms with Gasteiger partial charge >= 0.3 is 5.97 Å². The van der Waals surface area contributed by atoms with E-state index in [0.29, 0.717) is 5.69 Å². The maximum atomic E-state index is 13.3. The molecule has 2 N–H and O–H groups in total. The van der Waals surface area contributed by atoms with Crippen LogP contribution in [0.2, 0.25) is 0 Å². The molecule has 0 saturated carbocycles. The number of hydrogen-bond donors (Lipinski definition) is 1. The Bertz CT molecular complexity index is 398. The Morgan fingerprint density at radius 1 is 1.27 bits per heavy atom. The number of carbonyl (C=O) groups excluding carboxylic acids is 1. The second-order valence-electron chi connectivity index (χ2n) is 2.74. The highest BCUT2D eigenvalue weighted by Gasteiger charge is 2.17. The smallest absolute Gasteiger partial charge is 0.370 e. The van der Waals surface area contributed by atoms with Crippen LogP contribution in [-0.4, -0.2) is 13.1 Å². The van der Waals surface area contributed by atoms with Crippen molar-refractivity contribution in [2.24, 2.45) is 0 Å². The number of nitrogen functional groups attached to an aromatic ring is 1. The van der Waals surface area contributed by atoms with Gasteiger partial charge < -0.3 is 10.5 Å². The van der Waals surface area contributed by atoms with E-state index in [-0.39, 0.29) is 5.56 Å². The summed E-state index contributed by atoms with van der Waals surface area (Å²) in [5.74, 6) is -4.16. The van der Waals surface area contributed by atoms with Crippen molar-refractivity contribution in [2.45, 2.75) is 0 Å². The van der Waals surface area contributed by atoms with Gasteiger partial charge in [0.15, 0.2) is 5.83 Å². The molecule has 0 fully saturated rings. The van der Waals surface area contributed by atoms with Gasteiger partial charge in [0.05, 0.1) is 7.11 Å². The maximum absolute atomic E-state index is 13.3. The van der Waals surface area contributed by atoms with Crippen molar-refractivity contribution in [1.82, 2.24) is 0 Å². The average Bonchev–Trinajstić information content (AvgIpc) is 2.27. The molecule has 1 aromatic carbocycles. The molecular formula is C10H9F2NO2. The summed E-state index contributed by atoms with van der Waals surface area (Å²) in [5, 5.41) is 0. The maximum Gasteiger partial charge on any atom is 0.370 e. The van der Waals surface area contributed by atoms with Crippen molar-refractivity contribution < 1.29 is 18.3 Å². The minimum absolute atomic E-state index is 0.0629. The van der Waals surface area contributed by atoms with E-state index in [1.165, 1.54) is 24.3 Å². The molecule has 80 valence electrons. The lowest BCUT2D eigenvalue weighted by Gasteiger charge is -2.00. The van der Waals surface area contributed by atoms with Crippen molar-refractivity contribution in [2.75, 3.05) is 12.8 Å². The van der Waals surface area contributed by atoms with E-state index in [2.05, 4.69) is 4.74 Å². The SMILES string of the molecule is COC(=O)/C(F)=C(\F)c1ccc(N)cc1. The van der Waals surface area contributed by atoms with Crippen LogP contribution >= 0.6 is 0 Å². The van der Waals surface area contributed by atoms with Gasteiger partial charge in [-0.05, 0) is 24.3 Å². The highest BCUT2D eigenvalue weighted by atomic mass is 19.2. The van der Waals surface area contributed by atoms with Crippen molar-refractivity contribution in [3.63, 3.8) is 0 Å². The topological polar surface area (TPSA) is 52.3 Å². The van der Waals surface area contributed by atoms with Crippen LogP contribution in [0.5, 0.6) is 0 Å². The van der Waals surface area contributed by atoms with E-state index < -0.39 is 17.6 Å². The number of hydrogen-bond acceptors (Lipinski definition) is 3. The minimum atomic E-state index is -1.55. The lowest BCUT2D eigenvalue weighted by molar-refractivity contribution is -0.137. The fourth-order valence-electron chi connectivity index (χ4n) is 0.935. The monoisotopic (exact) mass is 213 g/mol. The van der Waals surface area contributed by atoms with Gasteiger partial charge in [-0.15, -0.1) is 0 Å². The molecule has 3 nitrogen and oxygen atoms in total. The Balaban J connectivity index is 3.07. The summed E-state index contributed by atoms with van der Waals surface area (Å²) in [6, 6.07) is 5.35. The van der Waals surface area contributed by atoms with Gasteiger partial charge in [-0.1, -0.05) is 0 Å². The second kappa shape index (κ2) is 4.54. The van der Waals surface area contributed by atoms with Crippen molar-refractivity contribution >= 4 is 17.5 Å². The van der Waals surface area contributed by atoms with E-state index in [4.69, 9.17) is 5.73 Å². The number of rotatable bonds is 2. The molecule has 0 aliphatic rings. The minimum Gasteiger partial charge on any atom is -0.464 e. The molecule has 1 rings (SSSR count). The van der Waals surface area contributed by atoms with Crippen LogP contribution in [0.4, 0.5) is 14.5 Å². The summed E-state index contributed by atoms with van der Waals surface area (Å²) in [7, 11) is 0.970. The predicted octanol–water partition coefficient (Wildman–Crippen LogP) is 2.05. The normalized spacial score (nSPS) is 11.9. The summed E-state index contributed by atoms with van der Waals surface area (Å²) in [4.78, 5) is 10.7. The molecule has 0 bridgehead atoms. The van der Waals surface area contributed by atoms with Gasteiger partial charge in [-0.25, -0.2) is 9.18 Å². The van der Waals surface area contributed by atoms with Crippen LogP contribution < -0.4 is 5.73 Å². The quantitative estimate of drug-likeness (QED) is 0.464. The Morgan fingerprint density at radius 2 is 1.80 bits per heavy atom. The van der Waals surface area contributed by atoms with E-state index in [9.17, 15) is 13.6 Å². The third kappa shape index (κ3) is 2.52. The number of anilines is 1. The summed E-state index contributed by atoms with van der Waals surface area (Å²) < 4.78 is 30.3. The lowest BCUT2D eigenvalue weighted by Crippen LogP contribution is -2.02. The number of methoxy groups -OCH3 is 1. The number of halogens is 2. The van der Waals surface area contributed by atoms with Crippen LogP contribution in [-0.2, 0) is 9.53 Å². The number of ether oxygens (including phenoxy) is 1. The standard InChI is InChI=1S/C10H9F2NO2/c1-15-10(14)9(12)8(11)6-2-4-7(13)5-3-6/h2-5H,13H2,1H3/b9-8+. The molecule has 0 heterocycles. The Morgan fingerprint density at radius 3 is 2.27 bits per heavy atom. The fraction of sp³-hybridized carbons (Fsp3) is 0.100. The molecule has 0 aliphatic heterocycles. The zero-order valence-electron chi connectivity index (χ0n) is 7.96. The third-order valence-electron chi connectivity index (χ3n) is 1.72. The first-order valence-electron chi connectivity index (χ1n) is 4.05. The predicted molar refractivity (Wildman–Crippen MR) is 52.0 cm³/mol.